The molecule has 2 aromatic carbocycles. The van der Waals surface area contributed by atoms with Crippen molar-refractivity contribution in [3.05, 3.63) is 84.8 Å². The summed E-state index contributed by atoms with van der Waals surface area (Å²) in [4.78, 5) is 28.6. The van der Waals surface area contributed by atoms with Gasteiger partial charge in [-0.1, -0.05) is 24.3 Å². The number of carbonyl (C=O) groups is 2. The Morgan fingerprint density at radius 1 is 0.893 bits per heavy atom. The van der Waals surface area contributed by atoms with E-state index in [2.05, 4.69) is 20.7 Å². The minimum Gasteiger partial charge on any atom is -0.324 e. The van der Waals surface area contributed by atoms with Crippen LogP contribution in [0.4, 0.5) is 11.4 Å². The Bertz CT molecular complexity index is 1140. The molecular formula is C21H17N5O2. The summed E-state index contributed by atoms with van der Waals surface area (Å²) in [6.45, 7) is 0.0970. The van der Waals surface area contributed by atoms with Gasteiger partial charge in [0.15, 0.2) is 0 Å². The van der Waals surface area contributed by atoms with Gasteiger partial charge in [-0.3, -0.25) is 19.3 Å². The van der Waals surface area contributed by atoms with Crippen LogP contribution >= 0.6 is 0 Å². The van der Waals surface area contributed by atoms with E-state index in [1.54, 1.807) is 53.5 Å². The summed E-state index contributed by atoms with van der Waals surface area (Å²) in [5, 5.41) is 10.9. The van der Waals surface area contributed by atoms with Gasteiger partial charge >= 0.3 is 0 Å². The van der Waals surface area contributed by atoms with Crippen LogP contribution in [0.25, 0.3) is 10.9 Å². The van der Waals surface area contributed by atoms with Crippen LogP contribution in [0, 0.1) is 0 Å². The molecule has 0 aliphatic carbocycles. The highest BCUT2D eigenvalue weighted by Crippen LogP contribution is 2.17. The Balaban J connectivity index is 1.43. The second-order valence-electron chi connectivity index (χ2n) is 6.19. The summed E-state index contributed by atoms with van der Waals surface area (Å²) in [7, 11) is 0. The number of fused-ring (bicyclic) bond motifs is 1. The number of carbonyl (C=O) groups excluding carboxylic acids is 2. The fourth-order valence-electron chi connectivity index (χ4n) is 2.86. The van der Waals surface area contributed by atoms with Crippen molar-refractivity contribution in [3.63, 3.8) is 0 Å². The number of aromatic nitrogens is 3. The summed E-state index contributed by atoms with van der Waals surface area (Å²) in [6, 6.07) is 18.1. The van der Waals surface area contributed by atoms with Crippen LogP contribution in [-0.4, -0.2) is 26.6 Å². The number of hydrogen-bond donors (Lipinski definition) is 2. The maximum absolute atomic E-state index is 12.4. The van der Waals surface area contributed by atoms with Crippen LogP contribution in [0.3, 0.4) is 0 Å². The fraction of sp³-hybridized carbons (Fsp3) is 0.0476. The fourth-order valence-corrected chi connectivity index (χ4v) is 2.86. The molecule has 4 rings (SSSR count). The van der Waals surface area contributed by atoms with Crippen LogP contribution in [-0.2, 0) is 11.3 Å². The molecule has 0 saturated carbocycles. The average molecular weight is 371 g/mol. The van der Waals surface area contributed by atoms with Crippen molar-refractivity contribution >= 4 is 34.1 Å². The first-order valence-electron chi connectivity index (χ1n) is 8.71. The normalized spacial score (nSPS) is 10.6. The number of para-hydroxylation sites is 1. The van der Waals surface area contributed by atoms with Gasteiger partial charge in [-0.15, -0.1) is 0 Å². The molecule has 2 aromatic heterocycles. The van der Waals surface area contributed by atoms with E-state index in [0.717, 1.165) is 10.9 Å². The van der Waals surface area contributed by atoms with Gasteiger partial charge in [-0.2, -0.15) is 5.10 Å². The van der Waals surface area contributed by atoms with Crippen molar-refractivity contribution in [2.45, 2.75) is 6.54 Å². The van der Waals surface area contributed by atoms with Gasteiger partial charge in [0.25, 0.3) is 5.91 Å². The molecule has 4 aromatic rings. The lowest BCUT2D eigenvalue weighted by atomic mass is 10.2. The third-order valence-electron chi connectivity index (χ3n) is 4.17. The van der Waals surface area contributed by atoms with Crippen LogP contribution in [0.15, 0.2) is 79.3 Å². The predicted octanol–water partition coefficient (Wildman–Crippen LogP) is 3.32. The Morgan fingerprint density at radius 3 is 2.54 bits per heavy atom. The van der Waals surface area contributed by atoms with E-state index in [1.165, 1.54) is 6.20 Å². The average Bonchev–Trinajstić information content (AvgIpc) is 3.12. The summed E-state index contributed by atoms with van der Waals surface area (Å²) < 4.78 is 1.65. The molecule has 0 aliphatic rings. The zero-order chi connectivity index (χ0) is 19.3. The monoisotopic (exact) mass is 371 g/mol. The van der Waals surface area contributed by atoms with E-state index in [0.29, 0.717) is 16.9 Å². The van der Waals surface area contributed by atoms with Gasteiger partial charge in [-0.05, 0) is 36.4 Å². The third kappa shape index (κ3) is 3.88. The van der Waals surface area contributed by atoms with Gasteiger partial charge in [0.1, 0.15) is 6.54 Å². The Labute approximate surface area is 161 Å². The van der Waals surface area contributed by atoms with E-state index < -0.39 is 0 Å². The molecule has 2 N–H and O–H groups in total. The van der Waals surface area contributed by atoms with Crippen molar-refractivity contribution in [3.8, 4) is 0 Å². The lowest BCUT2D eigenvalue weighted by Crippen LogP contribution is -2.19. The maximum Gasteiger partial charge on any atom is 0.257 e. The van der Waals surface area contributed by atoms with Gasteiger partial charge < -0.3 is 10.6 Å². The second-order valence-corrected chi connectivity index (χ2v) is 6.19. The number of benzene rings is 2. The number of nitrogens with zero attached hydrogens (tertiary/aromatic N) is 3. The predicted molar refractivity (Wildman–Crippen MR) is 107 cm³/mol. The number of hydrogen-bond acceptors (Lipinski definition) is 4. The van der Waals surface area contributed by atoms with Crippen molar-refractivity contribution in [1.29, 1.82) is 0 Å². The summed E-state index contributed by atoms with van der Waals surface area (Å²) >= 11 is 0. The van der Waals surface area contributed by atoms with Crippen molar-refractivity contribution < 1.29 is 9.59 Å². The summed E-state index contributed by atoms with van der Waals surface area (Å²) in [5.74, 6) is -0.468. The van der Waals surface area contributed by atoms with Crippen LogP contribution in [0.2, 0.25) is 0 Å². The molecule has 0 spiro atoms. The number of nitrogens with one attached hydrogen (secondary N) is 2. The van der Waals surface area contributed by atoms with Crippen LogP contribution in [0.1, 0.15) is 10.4 Å². The molecule has 0 radical (unpaired) electrons. The van der Waals surface area contributed by atoms with E-state index in [1.807, 2.05) is 24.3 Å². The first-order valence-corrected chi connectivity index (χ1v) is 8.71. The second kappa shape index (κ2) is 7.71. The first-order chi connectivity index (χ1) is 13.7. The molecular weight excluding hydrogens is 354 g/mol. The number of pyridine rings is 1. The molecule has 138 valence electrons. The van der Waals surface area contributed by atoms with Crippen molar-refractivity contribution in [2.75, 3.05) is 10.6 Å². The smallest absolute Gasteiger partial charge is 0.257 e. The first kappa shape index (κ1) is 17.4. The minimum atomic E-state index is -0.264. The number of anilines is 2. The molecule has 2 heterocycles. The highest BCUT2D eigenvalue weighted by atomic mass is 16.2. The molecule has 0 aliphatic heterocycles. The molecule has 0 bridgehead atoms. The summed E-state index contributed by atoms with van der Waals surface area (Å²) in [6.07, 6.45) is 4.84. The number of rotatable bonds is 5. The van der Waals surface area contributed by atoms with Crippen molar-refractivity contribution in [2.24, 2.45) is 0 Å². The lowest BCUT2D eigenvalue weighted by molar-refractivity contribution is -0.116. The molecule has 0 atom stereocenters. The molecule has 7 heteroatoms. The lowest BCUT2D eigenvalue weighted by Gasteiger charge is -2.09. The van der Waals surface area contributed by atoms with E-state index >= 15 is 0 Å². The molecule has 0 fully saturated rings. The quantitative estimate of drug-likeness (QED) is 0.563. The molecule has 0 saturated heterocycles. The molecule has 0 unspecified atom stereocenters. The van der Waals surface area contributed by atoms with E-state index in [4.69, 9.17) is 0 Å². The van der Waals surface area contributed by atoms with E-state index in [-0.39, 0.29) is 18.4 Å². The summed E-state index contributed by atoms with van der Waals surface area (Å²) in [5.41, 5.74) is 2.53. The Kier molecular flexibility index (Phi) is 4.79. The third-order valence-corrected chi connectivity index (χ3v) is 4.17. The Hall–Kier alpha value is -4.00. The standard InChI is InChI=1S/C21H17N5O2/c27-20(14-26-19-9-2-1-5-15(19)13-23-26)24-17-7-3-8-18(11-17)25-21(28)16-6-4-10-22-12-16/h1-13H,14H2,(H,24,27)(H,25,28). The van der Waals surface area contributed by atoms with Gasteiger partial charge in [0, 0.05) is 29.2 Å². The largest absolute Gasteiger partial charge is 0.324 e. The highest BCUT2D eigenvalue weighted by molar-refractivity contribution is 6.04. The van der Waals surface area contributed by atoms with Gasteiger partial charge in [0.05, 0.1) is 17.3 Å². The number of amides is 2. The highest BCUT2D eigenvalue weighted by Gasteiger charge is 2.09. The topological polar surface area (TPSA) is 88.9 Å². The zero-order valence-electron chi connectivity index (χ0n) is 14.9. The van der Waals surface area contributed by atoms with Gasteiger partial charge in [0.2, 0.25) is 5.91 Å². The van der Waals surface area contributed by atoms with Gasteiger partial charge in [-0.25, -0.2) is 0 Å². The van der Waals surface area contributed by atoms with Crippen LogP contribution < -0.4 is 10.6 Å². The Morgan fingerprint density at radius 2 is 1.71 bits per heavy atom. The molecule has 2 amide bonds. The SMILES string of the molecule is O=C(Cn1ncc2ccccc21)Nc1cccc(NC(=O)c2cccnc2)c1. The minimum absolute atomic E-state index is 0.0970. The molecule has 28 heavy (non-hydrogen) atoms. The maximum atomic E-state index is 12.4. The molecule has 7 nitrogen and oxygen atoms in total. The zero-order valence-corrected chi connectivity index (χ0v) is 14.9. The van der Waals surface area contributed by atoms with Crippen molar-refractivity contribution in [1.82, 2.24) is 14.8 Å². The van der Waals surface area contributed by atoms with E-state index in [9.17, 15) is 9.59 Å². The van der Waals surface area contributed by atoms with Crippen LogP contribution in [0.5, 0.6) is 0 Å².